The van der Waals surface area contributed by atoms with Gasteiger partial charge in [-0.3, -0.25) is 9.08 Å². The summed E-state index contributed by atoms with van der Waals surface area (Å²) >= 11 is 0. The summed E-state index contributed by atoms with van der Waals surface area (Å²) in [7, 11) is -3.73. The number of hydrogen-bond donors (Lipinski definition) is 0. The van der Waals surface area contributed by atoms with E-state index in [0.29, 0.717) is 37.6 Å². The molecule has 0 amide bonds. The van der Waals surface area contributed by atoms with Crippen molar-refractivity contribution in [1.29, 1.82) is 0 Å². The van der Waals surface area contributed by atoms with Crippen LogP contribution in [-0.4, -0.2) is 38.8 Å². The van der Waals surface area contributed by atoms with Gasteiger partial charge in [-0.05, 0) is 43.1 Å². The predicted octanol–water partition coefficient (Wildman–Crippen LogP) is 3.66. The molecule has 1 heterocycles. The van der Waals surface area contributed by atoms with Crippen LogP contribution in [0.25, 0.3) is 0 Å². The van der Waals surface area contributed by atoms with Gasteiger partial charge in [-0.1, -0.05) is 0 Å². The molecule has 1 aliphatic heterocycles. The number of likely N-dealkylation sites (tertiary alicyclic amines) is 1. The Labute approximate surface area is 146 Å². The Morgan fingerprint density at radius 3 is 2.35 bits per heavy atom. The van der Waals surface area contributed by atoms with Crippen molar-refractivity contribution in [2.24, 2.45) is 0 Å². The molecule has 4 nitrogen and oxygen atoms in total. The van der Waals surface area contributed by atoms with Gasteiger partial charge < -0.3 is 0 Å². The van der Waals surface area contributed by atoms with Crippen LogP contribution in [0.3, 0.4) is 0 Å². The van der Waals surface area contributed by atoms with Gasteiger partial charge in [0.15, 0.2) is 0 Å². The summed E-state index contributed by atoms with van der Waals surface area (Å²) in [6, 6.07) is 1.31. The van der Waals surface area contributed by atoms with Gasteiger partial charge in [0.2, 0.25) is 0 Å². The molecule has 2 rings (SSSR count). The van der Waals surface area contributed by atoms with Crippen LogP contribution in [0.1, 0.15) is 29.5 Å². The first kappa shape index (κ1) is 21.0. The maximum absolute atomic E-state index is 13.1. The number of alkyl halides is 6. The summed E-state index contributed by atoms with van der Waals surface area (Å²) in [5.74, 6) is 0. The molecule has 1 aromatic rings. The van der Waals surface area contributed by atoms with Crippen LogP contribution in [-0.2, 0) is 33.2 Å². The van der Waals surface area contributed by atoms with E-state index >= 15 is 0 Å². The molecule has 11 heteroatoms. The molecule has 1 atom stereocenters. The lowest BCUT2D eigenvalue weighted by Gasteiger charge is -2.32. The van der Waals surface area contributed by atoms with Crippen molar-refractivity contribution >= 4 is 10.1 Å². The maximum atomic E-state index is 13.1. The van der Waals surface area contributed by atoms with Gasteiger partial charge in [0, 0.05) is 13.1 Å². The normalized spacial score (nSPS) is 20.3. The smallest absolute Gasteiger partial charge is 0.296 e. The van der Waals surface area contributed by atoms with Crippen LogP contribution in [0.15, 0.2) is 18.2 Å². The molecule has 0 aromatic heterocycles. The molecule has 0 aliphatic carbocycles. The second-order valence-electron chi connectivity index (χ2n) is 6.17. The molecule has 0 radical (unpaired) electrons. The van der Waals surface area contributed by atoms with E-state index in [2.05, 4.69) is 0 Å². The van der Waals surface area contributed by atoms with Crippen molar-refractivity contribution in [1.82, 2.24) is 4.90 Å². The van der Waals surface area contributed by atoms with Crippen molar-refractivity contribution < 1.29 is 38.9 Å². The van der Waals surface area contributed by atoms with Crippen molar-refractivity contribution in [3.05, 3.63) is 34.9 Å². The van der Waals surface area contributed by atoms with E-state index in [1.807, 2.05) is 0 Å². The molecular formula is C15H17F6NO3S. The Balaban J connectivity index is 2.26. The van der Waals surface area contributed by atoms with Crippen LogP contribution < -0.4 is 0 Å². The third-order valence-electron chi connectivity index (χ3n) is 3.91. The molecule has 1 aliphatic rings. The van der Waals surface area contributed by atoms with E-state index in [-0.39, 0.29) is 13.1 Å². The number of hydrogen-bond acceptors (Lipinski definition) is 4. The highest BCUT2D eigenvalue weighted by Gasteiger charge is 2.37. The van der Waals surface area contributed by atoms with Gasteiger partial charge in [-0.15, -0.1) is 0 Å². The molecule has 26 heavy (non-hydrogen) atoms. The fourth-order valence-electron chi connectivity index (χ4n) is 2.90. The fraction of sp³-hybridized carbons (Fsp3) is 0.600. The van der Waals surface area contributed by atoms with Gasteiger partial charge in [0.05, 0.1) is 23.5 Å². The number of piperidine rings is 1. The Hall–Kier alpha value is -1.33. The summed E-state index contributed by atoms with van der Waals surface area (Å²) < 4.78 is 105. The van der Waals surface area contributed by atoms with E-state index in [9.17, 15) is 34.8 Å². The number of halogens is 6. The molecule has 1 aromatic carbocycles. The topological polar surface area (TPSA) is 46.6 Å². The summed E-state index contributed by atoms with van der Waals surface area (Å²) in [5, 5.41) is 0. The standard InChI is InChI=1S/C15H17F6NO3S/c1-26(23,24)25-12-3-2-6-22(9-12)8-10-7-11(14(16,17)18)4-5-13(10)15(19,20)21/h4-5,7,12H,2-3,6,8-9H2,1H3. The summed E-state index contributed by atoms with van der Waals surface area (Å²) in [5.41, 5.74) is -2.81. The van der Waals surface area contributed by atoms with E-state index in [0.717, 1.165) is 6.26 Å². The zero-order valence-electron chi connectivity index (χ0n) is 13.7. The second kappa shape index (κ2) is 7.35. The number of rotatable bonds is 4. The van der Waals surface area contributed by atoms with Crippen molar-refractivity contribution in [2.75, 3.05) is 19.3 Å². The van der Waals surface area contributed by atoms with E-state index in [4.69, 9.17) is 4.18 Å². The average molecular weight is 405 g/mol. The van der Waals surface area contributed by atoms with Crippen molar-refractivity contribution in [3.8, 4) is 0 Å². The fourth-order valence-corrected chi connectivity index (χ4v) is 3.55. The predicted molar refractivity (Wildman–Crippen MR) is 80.7 cm³/mol. The van der Waals surface area contributed by atoms with E-state index in [1.165, 1.54) is 4.90 Å². The highest BCUT2D eigenvalue weighted by atomic mass is 32.2. The quantitative estimate of drug-likeness (QED) is 0.567. The Kier molecular flexibility index (Phi) is 5.93. The van der Waals surface area contributed by atoms with Crippen LogP contribution in [0.4, 0.5) is 26.3 Å². The lowest BCUT2D eigenvalue weighted by molar-refractivity contribution is -0.142. The third kappa shape index (κ3) is 5.85. The highest BCUT2D eigenvalue weighted by molar-refractivity contribution is 7.86. The Bertz CT molecular complexity index is 745. The number of benzene rings is 1. The SMILES string of the molecule is CS(=O)(=O)OC1CCCN(Cc2cc(C(F)(F)F)ccc2C(F)(F)F)C1. The largest absolute Gasteiger partial charge is 0.416 e. The second-order valence-corrected chi connectivity index (χ2v) is 7.77. The lowest BCUT2D eigenvalue weighted by Crippen LogP contribution is -2.40. The highest BCUT2D eigenvalue weighted by Crippen LogP contribution is 2.37. The molecular weight excluding hydrogens is 388 g/mol. The summed E-state index contributed by atoms with van der Waals surface area (Å²) in [6.45, 7) is -0.0415. The number of nitrogens with zero attached hydrogens (tertiary/aromatic N) is 1. The average Bonchev–Trinajstić information content (AvgIpc) is 2.43. The van der Waals surface area contributed by atoms with Crippen molar-refractivity contribution in [3.63, 3.8) is 0 Å². The van der Waals surface area contributed by atoms with Gasteiger partial charge in [-0.2, -0.15) is 34.8 Å². The van der Waals surface area contributed by atoms with Crippen molar-refractivity contribution in [2.45, 2.75) is 37.8 Å². The van der Waals surface area contributed by atoms with E-state index in [1.54, 1.807) is 0 Å². The molecule has 0 spiro atoms. The molecule has 1 unspecified atom stereocenters. The summed E-state index contributed by atoms with van der Waals surface area (Å²) in [4.78, 5) is 1.46. The molecule has 0 saturated carbocycles. The minimum atomic E-state index is -4.79. The van der Waals surface area contributed by atoms with Crippen LogP contribution >= 0.6 is 0 Å². The molecule has 1 saturated heterocycles. The zero-order chi connectivity index (χ0) is 19.8. The van der Waals surface area contributed by atoms with Crippen LogP contribution in [0.2, 0.25) is 0 Å². The van der Waals surface area contributed by atoms with E-state index < -0.39 is 45.3 Å². The molecule has 148 valence electrons. The summed E-state index contributed by atoms with van der Waals surface area (Å²) in [6.07, 6.45) is -8.57. The first-order valence-corrected chi connectivity index (χ1v) is 9.45. The van der Waals surface area contributed by atoms with Crippen LogP contribution in [0.5, 0.6) is 0 Å². The zero-order valence-corrected chi connectivity index (χ0v) is 14.5. The minimum absolute atomic E-state index is 0.0145. The van der Waals surface area contributed by atoms with Gasteiger partial charge in [-0.25, -0.2) is 0 Å². The first-order chi connectivity index (χ1) is 11.8. The van der Waals surface area contributed by atoms with Gasteiger partial charge in [0.25, 0.3) is 10.1 Å². The van der Waals surface area contributed by atoms with Crippen LogP contribution in [0, 0.1) is 0 Å². The van der Waals surface area contributed by atoms with Gasteiger partial charge in [0.1, 0.15) is 0 Å². The minimum Gasteiger partial charge on any atom is -0.296 e. The lowest BCUT2D eigenvalue weighted by atomic mass is 10.0. The third-order valence-corrected chi connectivity index (χ3v) is 4.53. The monoisotopic (exact) mass is 405 g/mol. The van der Waals surface area contributed by atoms with Gasteiger partial charge >= 0.3 is 12.4 Å². The maximum Gasteiger partial charge on any atom is 0.416 e. The Morgan fingerprint density at radius 2 is 1.81 bits per heavy atom. The molecule has 0 bridgehead atoms. The Morgan fingerprint density at radius 1 is 1.15 bits per heavy atom. The molecule has 0 N–H and O–H groups in total. The molecule has 1 fully saturated rings. The first-order valence-electron chi connectivity index (χ1n) is 7.63.